The second-order valence-corrected chi connectivity index (χ2v) is 7.01. The van der Waals surface area contributed by atoms with Crippen LogP contribution in [0.25, 0.3) is 0 Å². The summed E-state index contributed by atoms with van der Waals surface area (Å²) in [5.74, 6) is 0. The molecule has 0 radical (unpaired) electrons. The first-order chi connectivity index (χ1) is 12.2. The fourth-order valence-corrected chi connectivity index (χ4v) is 4.38. The molecule has 1 saturated heterocycles. The van der Waals surface area contributed by atoms with E-state index in [0.29, 0.717) is 6.04 Å². The van der Waals surface area contributed by atoms with E-state index in [2.05, 4.69) is 90.7 Å². The molecule has 1 fully saturated rings. The molecule has 3 unspecified atom stereocenters. The van der Waals surface area contributed by atoms with E-state index in [-0.39, 0.29) is 6.17 Å². The lowest BCUT2D eigenvalue weighted by Gasteiger charge is -2.41. The summed E-state index contributed by atoms with van der Waals surface area (Å²) in [6.45, 7) is 1.01. The molecule has 1 aliphatic rings. The van der Waals surface area contributed by atoms with Crippen LogP contribution in [-0.4, -0.2) is 30.5 Å². The molecule has 0 spiro atoms. The lowest BCUT2D eigenvalue weighted by atomic mass is 10.0. The molecule has 3 heteroatoms. The minimum Gasteiger partial charge on any atom is -0.267 e. The number of benzene rings is 2. The Kier molecular flexibility index (Phi) is 4.12. The van der Waals surface area contributed by atoms with Crippen LogP contribution in [0, 0.1) is 0 Å². The van der Waals surface area contributed by atoms with Gasteiger partial charge in [0.15, 0.2) is 6.17 Å². The molecule has 126 valence electrons. The Hall–Kier alpha value is -2.49. The molecule has 0 bridgehead atoms. The van der Waals surface area contributed by atoms with Crippen molar-refractivity contribution in [3.63, 3.8) is 0 Å². The van der Waals surface area contributed by atoms with Gasteiger partial charge < -0.3 is 0 Å². The summed E-state index contributed by atoms with van der Waals surface area (Å²) in [5, 5.41) is 0. The third-order valence-corrected chi connectivity index (χ3v) is 5.51. The topological polar surface area (TPSA) is 16.1 Å². The van der Waals surface area contributed by atoms with Crippen molar-refractivity contribution in [3.05, 3.63) is 96.3 Å². The summed E-state index contributed by atoms with van der Waals surface area (Å²) in [6, 6.07) is 26.3. The van der Waals surface area contributed by atoms with Crippen LogP contribution in [0.2, 0.25) is 0 Å². The molecule has 0 N–H and O–H groups in total. The monoisotopic (exact) mass is 330 g/mol. The van der Waals surface area contributed by atoms with Gasteiger partial charge in [0.2, 0.25) is 0 Å². The average Bonchev–Trinajstić information content (AvgIpc) is 2.95. The third kappa shape index (κ3) is 2.66. The Morgan fingerprint density at radius 2 is 1.52 bits per heavy atom. The molecular weight excluding hydrogens is 306 g/mol. The minimum absolute atomic E-state index is 0.237. The van der Waals surface area contributed by atoms with Crippen LogP contribution in [0.1, 0.15) is 23.3 Å². The molecule has 2 heterocycles. The van der Waals surface area contributed by atoms with Crippen LogP contribution in [-0.2, 0) is 0 Å². The van der Waals surface area contributed by atoms with Crippen LogP contribution in [0.5, 0.6) is 0 Å². The van der Waals surface area contributed by atoms with Gasteiger partial charge in [0.25, 0.3) is 0 Å². The minimum atomic E-state index is 0.237. The number of quaternary nitrogens is 1. The third-order valence-electron chi connectivity index (χ3n) is 5.51. The summed E-state index contributed by atoms with van der Waals surface area (Å²) in [7, 11) is 4.58. The van der Waals surface area contributed by atoms with Crippen LogP contribution in [0.15, 0.2) is 85.2 Å². The van der Waals surface area contributed by atoms with Crippen molar-refractivity contribution in [2.45, 2.75) is 12.2 Å². The molecule has 3 aromatic rings. The van der Waals surface area contributed by atoms with Crippen molar-refractivity contribution < 1.29 is 0 Å². The number of nitrogens with zero attached hydrogens (tertiary/aromatic N) is 3. The van der Waals surface area contributed by atoms with Gasteiger partial charge in [-0.3, -0.25) is 9.47 Å². The van der Waals surface area contributed by atoms with Crippen LogP contribution in [0.4, 0.5) is 5.69 Å². The molecule has 25 heavy (non-hydrogen) atoms. The predicted octanol–water partition coefficient (Wildman–Crippen LogP) is 4.40. The fourth-order valence-electron chi connectivity index (χ4n) is 4.38. The lowest BCUT2D eigenvalue weighted by Crippen LogP contribution is -2.48. The van der Waals surface area contributed by atoms with Gasteiger partial charge in [0.1, 0.15) is 11.7 Å². The van der Waals surface area contributed by atoms with Crippen LogP contribution < -0.4 is 4.48 Å². The summed E-state index contributed by atoms with van der Waals surface area (Å²) in [4.78, 5) is 6.84. The molecule has 1 aliphatic heterocycles. The zero-order valence-electron chi connectivity index (χ0n) is 14.8. The van der Waals surface area contributed by atoms with Gasteiger partial charge in [-0.25, -0.2) is 4.90 Å². The van der Waals surface area contributed by atoms with Gasteiger partial charge in [-0.2, -0.15) is 0 Å². The summed E-state index contributed by atoms with van der Waals surface area (Å²) in [6.07, 6.45) is 4.09. The highest BCUT2D eigenvalue weighted by Crippen LogP contribution is 2.48. The van der Waals surface area contributed by atoms with E-state index in [1.807, 2.05) is 18.5 Å². The van der Waals surface area contributed by atoms with Crippen LogP contribution >= 0.6 is 0 Å². The number of pyridine rings is 1. The van der Waals surface area contributed by atoms with Gasteiger partial charge >= 0.3 is 0 Å². The smallest absolute Gasteiger partial charge is 0.178 e. The van der Waals surface area contributed by atoms with Crippen molar-refractivity contribution in [1.29, 1.82) is 0 Å². The van der Waals surface area contributed by atoms with E-state index in [9.17, 15) is 0 Å². The molecule has 3 nitrogen and oxygen atoms in total. The van der Waals surface area contributed by atoms with E-state index in [4.69, 9.17) is 0 Å². The summed E-state index contributed by atoms with van der Waals surface area (Å²) < 4.78 is 0.826. The maximum absolute atomic E-state index is 4.38. The van der Waals surface area contributed by atoms with Gasteiger partial charge in [-0.05, 0) is 31.3 Å². The average molecular weight is 330 g/mol. The Balaban J connectivity index is 1.89. The molecule has 0 amide bonds. The molecule has 2 aromatic carbocycles. The largest absolute Gasteiger partial charge is 0.267 e. The van der Waals surface area contributed by atoms with Crippen molar-refractivity contribution in [1.82, 2.24) is 14.4 Å². The quantitative estimate of drug-likeness (QED) is 0.662. The standard InChI is InChI=1S/C22H24N3/c1-24-17-21(18-10-5-3-6-11-18)25(2,20-13-7-4-8-14-20)22(24)19-12-9-15-23-16-19/h3-16,21-22H,17H2,1-2H3/q+1. The van der Waals surface area contributed by atoms with Crippen molar-refractivity contribution in [3.8, 4) is 0 Å². The van der Waals surface area contributed by atoms with E-state index in [1.165, 1.54) is 16.8 Å². The highest BCUT2D eigenvalue weighted by molar-refractivity contribution is 5.48. The highest BCUT2D eigenvalue weighted by atomic mass is 15.5. The fraction of sp³-hybridized carbons (Fsp3) is 0.227. The maximum Gasteiger partial charge on any atom is 0.178 e. The summed E-state index contributed by atoms with van der Waals surface area (Å²) >= 11 is 0. The second-order valence-electron chi connectivity index (χ2n) is 7.01. The van der Waals surface area contributed by atoms with Gasteiger partial charge in [-0.15, -0.1) is 0 Å². The first kappa shape index (κ1) is 16.0. The Bertz CT molecular complexity index is 820. The normalized spacial score (nSPS) is 26.6. The molecule has 0 saturated carbocycles. The number of hydrogen-bond acceptors (Lipinski definition) is 2. The molecule has 3 atom stereocenters. The van der Waals surface area contributed by atoms with Crippen molar-refractivity contribution in [2.24, 2.45) is 0 Å². The molecule has 4 rings (SSSR count). The number of aromatic nitrogens is 1. The van der Waals surface area contributed by atoms with Crippen LogP contribution in [0.3, 0.4) is 0 Å². The Morgan fingerprint density at radius 3 is 2.16 bits per heavy atom. The number of para-hydroxylation sites is 1. The lowest BCUT2D eigenvalue weighted by molar-refractivity contribution is 0.173. The summed E-state index contributed by atoms with van der Waals surface area (Å²) in [5.41, 5.74) is 3.97. The van der Waals surface area contributed by atoms with Gasteiger partial charge in [-0.1, -0.05) is 48.5 Å². The molecule has 1 aromatic heterocycles. The first-order valence-corrected chi connectivity index (χ1v) is 8.78. The number of rotatable bonds is 3. The number of hydrogen-bond donors (Lipinski definition) is 0. The van der Waals surface area contributed by atoms with Gasteiger partial charge in [0.05, 0.1) is 13.6 Å². The van der Waals surface area contributed by atoms with E-state index in [0.717, 1.165) is 11.0 Å². The SMILES string of the molecule is CN1CC(c2ccccc2)[N+](C)(c2ccccc2)C1c1cccnc1. The van der Waals surface area contributed by atoms with Gasteiger partial charge in [0, 0.05) is 23.5 Å². The molecule has 0 aliphatic carbocycles. The number of likely N-dealkylation sites (N-methyl/N-ethyl adjacent to an activating group) is 2. The second kappa shape index (κ2) is 6.43. The molecular formula is C22H24N3+. The zero-order valence-corrected chi connectivity index (χ0v) is 14.8. The Labute approximate surface area is 149 Å². The Morgan fingerprint density at radius 1 is 0.880 bits per heavy atom. The van der Waals surface area contributed by atoms with Crippen molar-refractivity contribution in [2.75, 3.05) is 20.6 Å². The van der Waals surface area contributed by atoms with Crippen molar-refractivity contribution >= 4 is 5.69 Å². The first-order valence-electron chi connectivity index (χ1n) is 8.78. The van der Waals surface area contributed by atoms with E-state index < -0.39 is 0 Å². The zero-order chi connectivity index (χ0) is 17.3. The van der Waals surface area contributed by atoms with E-state index in [1.54, 1.807) is 0 Å². The highest BCUT2D eigenvalue weighted by Gasteiger charge is 2.52. The van der Waals surface area contributed by atoms with E-state index >= 15 is 0 Å². The maximum atomic E-state index is 4.38. The predicted molar refractivity (Wildman–Crippen MR) is 103 cm³/mol.